The van der Waals surface area contributed by atoms with E-state index in [9.17, 15) is 13.2 Å². The molecule has 8 heteroatoms. The Balaban J connectivity index is 0.00000196. The Morgan fingerprint density at radius 2 is 1.57 bits per heavy atom. The Bertz CT molecular complexity index is 748. The van der Waals surface area contributed by atoms with E-state index >= 15 is 0 Å². The van der Waals surface area contributed by atoms with Crippen LogP contribution < -0.4 is 10.1 Å². The number of benzene rings is 2. The predicted molar refractivity (Wildman–Crippen MR) is 110 cm³/mol. The minimum absolute atomic E-state index is 0. The molecule has 1 saturated heterocycles. The summed E-state index contributed by atoms with van der Waals surface area (Å²) >= 11 is 0. The van der Waals surface area contributed by atoms with Crippen LogP contribution in [0.2, 0.25) is 0 Å². The maximum Gasteiger partial charge on any atom is 0.573 e. The first-order valence-corrected chi connectivity index (χ1v) is 8.71. The van der Waals surface area contributed by atoms with Gasteiger partial charge in [-0.05, 0) is 42.7 Å². The lowest BCUT2D eigenvalue weighted by molar-refractivity contribution is -0.274. The number of alkyl halides is 3. The van der Waals surface area contributed by atoms with Crippen molar-refractivity contribution in [2.24, 2.45) is 0 Å². The number of nitrogens with one attached hydrogen (secondary N) is 1. The van der Waals surface area contributed by atoms with Crippen molar-refractivity contribution in [1.82, 2.24) is 10.2 Å². The highest BCUT2D eigenvalue weighted by molar-refractivity contribution is 5.85. The first-order chi connectivity index (χ1) is 12.3. The molecule has 0 spiro atoms. The molecular formula is C20H25Cl2F3N2O. The van der Waals surface area contributed by atoms with E-state index in [1.165, 1.54) is 28.8 Å². The summed E-state index contributed by atoms with van der Waals surface area (Å²) in [6, 6.07) is 12.6. The van der Waals surface area contributed by atoms with Crippen molar-refractivity contribution in [2.75, 3.05) is 26.2 Å². The number of aryl methyl sites for hydroxylation is 2. The van der Waals surface area contributed by atoms with E-state index < -0.39 is 6.36 Å². The molecule has 2 aromatic carbocycles. The zero-order chi connectivity index (χ0) is 18.7. The van der Waals surface area contributed by atoms with Crippen LogP contribution in [-0.2, 0) is 0 Å². The summed E-state index contributed by atoms with van der Waals surface area (Å²) in [5.74, 6) is -0.193. The first-order valence-electron chi connectivity index (χ1n) is 8.71. The van der Waals surface area contributed by atoms with E-state index in [0.717, 1.165) is 31.7 Å². The lowest BCUT2D eigenvalue weighted by Crippen LogP contribution is -2.45. The Kier molecular flexibility index (Phi) is 9.08. The molecule has 1 N–H and O–H groups in total. The summed E-state index contributed by atoms with van der Waals surface area (Å²) in [6.07, 6.45) is -4.67. The summed E-state index contributed by atoms with van der Waals surface area (Å²) in [4.78, 5) is 2.37. The van der Waals surface area contributed by atoms with Gasteiger partial charge in [-0.15, -0.1) is 38.0 Å². The number of halogens is 5. The van der Waals surface area contributed by atoms with E-state index in [1.54, 1.807) is 12.1 Å². The molecule has 1 aliphatic heterocycles. The van der Waals surface area contributed by atoms with E-state index in [1.807, 2.05) is 0 Å². The monoisotopic (exact) mass is 436 g/mol. The molecule has 28 heavy (non-hydrogen) atoms. The van der Waals surface area contributed by atoms with Crippen LogP contribution in [-0.4, -0.2) is 37.4 Å². The van der Waals surface area contributed by atoms with Gasteiger partial charge in [0.15, 0.2) is 0 Å². The van der Waals surface area contributed by atoms with Crippen molar-refractivity contribution in [3.8, 4) is 5.75 Å². The number of rotatable bonds is 4. The molecule has 2 aromatic rings. The fourth-order valence-corrected chi connectivity index (χ4v) is 3.43. The maximum atomic E-state index is 12.4. The second-order valence-electron chi connectivity index (χ2n) is 6.67. The van der Waals surface area contributed by atoms with Crippen LogP contribution in [0.15, 0.2) is 42.5 Å². The minimum atomic E-state index is -4.67. The Morgan fingerprint density at radius 3 is 2.14 bits per heavy atom. The van der Waals surface area contributed by atoms with Gasteiger partial charge in [0.05, 0.1) is 6.04 Å². The largest absolute Gasteiger partial charge is 0.573 e. The summed E-state index contributed by atoms with van der Waals surface area (Å²) in [7, 11) is 0. The molecule has 0 amide bonds. The predicted octanol–water partition coefficient (Wildman–Crippen LogP) is 5.04. The van der Waals surface area contributed by atoms with Gasteiger partial charge < -0.3 is 10.1 Å². The molecular weight excluding hydrogens is 412 g/mol. The van der Waals surface area contributed by atoms with Crippen molar-refractivity contribution < 1.29 is 17.9 Å². The average Bonchev–Trinajstić information content (AvgIpc) is 2.59. The summed E-state index contributed by atoms with van der Waals surface area (Å²) in [5.41, 5.74) is 4.50. The quantitative estimate of drug-likeness (QED) is 0.726. The summed E-state index contributed by atoms with van der Waals surface area (Å²) in [6.45, 7) is 7.70. The topological polar surface area (TPSA) is 24.5 Å². The molecule has 1 heterocycles. The maximum absolute atomic E-state index is 12.4. The number of piperazine rings is 1. The van der Waals surface area contributed by atoms with Crippen molar-refractivity contribution >= 4 is 24.8 Å². The Morgan fingerprint density at radius 1 is 0.964 bits per heavy atom. The molecule has 3 rings (SSSR count). The van der Waals surface area contributed by atoms with Gasteiger partial charge in [-0.25, -0.2) is 0 Å². The van der Waals surface area contributed by atoms with Gasteiger partial charge in [0.25, 0.3) is 0 Å². The number of nitrogens with zero attached hydrogens (tertiary/aromatic N) is 1. The van der Waals surface area contributed by atoms with Crippen molar-refractivity contribution in [3.63, 3.8) is 0 Å². The van der Waals surface area contributed by atoms with Gasteiger partial charge in [0.2, 0.25) is 0 Å². The second kappa shape index (κ2) is 10.3. The number of hydrogen-bond donors (Lipinski definition) is 1. The van der Waals surface area contributed by atoms with Crippen LogP contribution in [0.1, 0.15) is 28.3 Å². The van der Waals surface area contributed by atoms with Crippen LogP contribution in [0.4, 0.5) is 13.2 Å². The highest BCUT2D eigenvalue weighted by Crippen LogP contribution is 2.33. The molecule has 1 fully saturated rings. The first kappa shape index (κ1) is 24.6. The smallest absolute Gasteiger partial charge is 0.406 e. The fraction of sp³-hybridized carbons (Fsp3) is 0.400. The molecule has 0 bridgehead atoms. The van der Waals surface area contributed by atoms with Gasteiger partial charge in [-0.3, -0.25) is 4.90 Å². The van der Waals surface area contributed by atoms with Crippen molar-refractivity contribution in [1.29, 1.82) is 0 Å². The van der Waals surface area contributed by atoms with E-state index in [-0.39, 0.29) is 36.6 Å². The highest BCUT2D eigenvalue weighted by atomic mass is 35.5. The summed E-state index contributed by atoms with van der Waals surface area (Å²) < 4.78 is 41.3. The summed E-state index contributed by atoms with van der Waals surface area (Å²) in [5, 5.41) is 3.35. The fourth-order valence-electron chi connectivity index (χ4n) is 3.43. The van der Waals surface area contributed by atoms with E-state index in [2.05, 4.69) is 47.0 Å². The van der Waals surface area contributed by atoms with Gasteiger partial charge in [-0.1, -0.05) is 35.9 Å². The van der Waals surface area contributed by atoms with Gasteiger partial charge in [0, 0.05) is 26.2 Å². The Hall–Kier alpha value is -1.47. The number of hydrogen-bond acceptors (Lipinski definition) is 3. The molecule has 1 atom stereocenters. The lowest BCUT2D eigenvalue weighted by Gasteiger charge is -2.36. The third-order valence-electron chi connectivity index (χ3n) is 4.68. The zero-order valence-electron chi connectivity index (χ0n) is 15.8. The van der Waals surface area contributed by atoms with Gasteiger partial charge in [-0.2, -0.15) is 0 Å². The minimum Gasteiger partial charge on any atom is -0.406 e. The van der Waals surface area contributed by atoms with Crippen LogP contribution in [0.25, 0.3) is 0 Å². The Labute approximate surface area is 176 Å². The molecule has 3 nitrogen and oxygen atoms in total. The SMILES string of the molecule is Cc1ccc(C)c([C@@H](c2ccc(OC(F)(F)F)cc2)N2CCNCC2)c1.Cl.Cl. The zero-order valence-corrected chi connectivity index (χ0v) is 17.4. The van der Waals surface area contributed by atoms with Crippen LogP contribution in [0.5, 0.6) is 5.75 Å². The van der Waals surface area contributed by atoms with Crippen molar-refractivity contribution in [3.05, 3.63) is 64.7 Å². The molecule has 1 aliphatic rings. The van der Waals surface area contributed by atoms with Crippen LogP contribution >= 0.6 is 24.8 Å². The van der Waals surface area contributed by atoms with Gasteiger partial charge in [0.1, 0.15) is 5.75 Å². The van der Waals surface area contributed by atoms with Crippen LogP contribution in [0, 0.1) is 13.8 Å². The molecule has 156 valence electrons. The van der Waals surface area contributed by atoms with Gasteiger partial charge >= 0.3 is 6.36 Å². The second-order valence-corrected chi connectivity index (χ2v) is 6.67. The standard InChI is InChI=1S/C20H23F3N2O.2ClH/c1-14-3-4-15(2)18(13-14)19(25-11-9-24-10-12-25)16-5-7-17(8-6-16)26-20(21,22)23;;/h3-8,13,19,24H,9-12H2,1-2H3;2*1H/t19-;;/m1../s1. The van der Waals surface area contributed by atoms with E-state index in [0.29, 0.717) is 0 Å². The highest BCUT2D eigenvalue weighted by Gasteiger charge is 2.31. The normalized spacial score (nSPS) is 15.9. The molecule has 0 aromatic heterocycles. The molecule has 0 aliphatic carbocycles. The third-order valence-corrected chi connectivity index (χ3v) is 4.68. The van der Waals surface area contributed by atoms with Crippen LogP contribution in [0.3, 0.4) is 0 Å². The van der Waals surface area contributed by atoms with E-state index in [4.69, 9.17) is 0 Å². The average molecular weight is 437 g/mol. The molecule has 0 radical (unpaired) electrons. The lowest BCUT2D eigenvalue weighted by atomic mass is 9.92. The molecule has 0 saturated carbocycles. The van der Waals surface area contributed by atoms with Crippen molar-refractivity contribution in [2.45, 2.75) is 26.3 Å². The number of ether oxygens (including phenoxy) is 1. The molecule has 0 unspecified atom stereocenters. The third kappa shape index (κ3) is 6.27.